The second kappa shape index (κ2) is 10.7. The molecule has 1 aromatic rings. The monoisotopic (exact) mass is 394 g/mol. The molecule has 1 heterocycles. The van der Waals surface area contributed by atoms with Gasteiger partial charge in [-0.2, -0.15) is 0 Å². The van der Waals surface area contributed by atoms with Crippen LogP contribution < -0.4 is 10.0 Å². The summed E-state index contributed by atoms with van der Waals surface area (Å²) in [6, 6.07) is 10.8. The van der Waals surface area contributed by atoms with Crippen LogP contribution in [-0.4, -0.2) is 57.8 Å². The molecule has 1 aliphatic rings. The highest BCUT2D eigenvalue weighted by atomic mass is 32.2. The molecule has 2 rings (SSSR count). The first-order valence-electron chi connectivity index (χ1n) is 10.0. The molecule has 2 N–H and O–H groups in total. The topological polar surface area (TPSA) is 73.8 Å². The van der Waals surface area contributed by atoms with Gasteiger partial charge in [0.25, 0.3) is 0 Å². The lowest BCUT2D eigenvalue weighted by Crippen LogP contribution is -2.48. The van der Waals surface area contributed by atoms with Crippen molar-refractivity contribution in [2.45, 2.75) is 39.5 Å². The van der Waals surface area contributed by atoms with E-state index in [-0.39, 0.29) is 5.75 Å². The average molecular weight is 395 g/mol. The molecule has 1 aromatic carbocycles. The maximum absolute atomic E-state index is 11.5. The SMILES string of the molecule is CCNC(=NCCCNS(=O)(=O)CC)N1CCC(c2ccccc2)C(C)C1. The predicted octanol–water partition coefficient (Wildman–Crippen LogP) is 2.41. The van der Waals surface area contributed by atoms with Crippen molar-refractivity contribution in [1.29, 1.82) is 0 Å². The lowest BCUT2D eigenvalue weighted by molar-refractivity contribution is 0.234. The summed E-state index contributed by atoms with van der Waals surface area (Å²) in [6.07, 6.45) is 1.82. The van der Waals surface area contributed by atoms with Gasteiger partial charge in [-0.15, -0.1) is 0 Å². The van der Waals surface area contributed by atoms with E-state index in [0.29, 0.717) is 31.3 Å². The van der Waals surface area contributed by atoms with E-state index in [1.807, 2.05) is 0 Å². The Morgan fingerprint density at radius 2 is 2.00 bits per heavy atom. The van der Waals surface area contributed by atoms with E-state index in [2.05, 4.69) is 59.1 Å². The summed E-state index contributed by atoms with van der Waals surface area (Å²) in [4.78, 5) is 7.05. The van der Waals surface area contributed by atoms with Crippen LogP contribution in [0.1, 0.15) is 45.1 Å². The fraction of sp³-hybridized carbons (Fsp3) is 0.650. The molecule has 0 spiro atoms. The number of hydrogen-bond acceptors (Lipinski definition) is 3. The van der Waals surface area contributed by atoms with E-state index in [1.54, 1.807) is 6.92 Å². The molecule has 0 bridgehead atoms. The fourth-order valence-electron chi connectivity index (χ4n) is 3.55. The highest BCUT2D eigenvalue weighted by Gasteiger charge is 2.28. The molecule has 0 aromatic heterocycles. The quantitative estimate of drug-likeness (QED) is 0.403. The van der Waals surface area contributed by atoms with Gasteiger partial charge >= 0.3 is 0 Å². The molecular weight excluding hydrogens is 360 g/mol. The van der Waals surface area contributed by atoms with Gasteiger partial charge in [0.05, 0.1) is 5.75 Å². The number of nitrogens with one attached hydrogen (secondary N) is 2. The van der Waals surface area contributed by atoms with E-state index in [9.17, 15) is 8.42 Å². The van der Waals surface area contributed by atoms with E-state index in [0.717, 1.165) is 32.0 Å². The Bertz CT molecular complexity index is 691. The largest absolute Gasteiger partial charge is 0.357 e. The average Bonchev–Trinajstić information content (AvgIpc) is 2.67. The van der Waals surface area contributed by atoms with Gasteiger partial charge in [-0.3, -0.25) is 4.99 Å². The number of sulfonamides is 1. The smallest absolute Gasteiger partial charge is 0.211 e. The molecule has 0 aliphatic carbocycles. The van der Waals surface area contributed by atoms with Gasteiger partial charge in [0.1, 0.15) is 0 Å². The van der Waals surface area contributed by atoms with Gasteiger partial charge < -0.3 is 10.2 Å². The van der Waals surface area contributed by atoms with Crippen molar-refractivity contribution in [3.8, 4) is 0 Å². The van der Waals surface area contributed by atoms with Crippen LogP contribution >= 0.6 is 0 Å². The van der Waals surface area contributed by atoms with Crippen LogP contribution in [0.15, 0.2) is 35.3 Å². The van der Waals surface area contributed by atoms with Gasteiger partial charge in [-0.1, -0.05) is 37.3 Å². The zero-order chi connectivity index (χ0) is 19.7. The van der Waals surface area contributed by atoms with Crippen LogP contribution in [0.3, 0.4) is 0 Å². The van der Waals surface area contributed by atoms with Crippen LogP contribution in [-0.2, 0) is 10.0 Å². The number of piperidine rings is 1. The van der Waals surface area contributed by atoms with E-state index >= 15 is 0 Å². The molecule has 1 saturated heterocycles. The Morgan fingerprint density at radius 1 is 1.26 bits per heavy atom. The second-order valence-corrected chi connectivity index (χ2v) is 9.21. The molecular formula is C20H34N4O2S. The minimum Gasteiger partial charge on any atom is -0.357 e. The highest BCUT2D eigenvalue weighted by Crippen LogP contribution is 2.32. The third-order valence-corrected chi connectivity index (χ3v) is 6.47. The zero-order valence-corrected chi connectivity index (χ0v) is 17.6. The Kier molecular flexibility index (Phi) is 8.57. The molecule has 7 heteroatoms. The van der Waals surface area contributed by atoms with Crippen LogP contribution in [0.5, 0.6) is 0 Å². The van der Waals surface area contributed by atoms with Crippen LogP contribution in [0.25, 0.3) is 0 Å². The summed E-state index contributed by atoms with van der Waals surface area (Å²) >= 11 is 0. The van der Waals surface area contributed by atoms with Crippen molar-refractivity contribution in [1.82, 2.24) is 14.9 Å². The van der Waals surface area contributed by atoms with Crippen LogP contribution in [0.2, 0.25) is 0 Å². The van der Waals surface area contributed by atoms with Crippen molar-refractivity contribution in [3.63, 3.8) is 0 Å². The third kappa shape index (κ3) is 6.81. The molecule has 152 valence electrons. The zero-order valence-electron chi connectivity index (χ0n) is 16.8. The van der Waals surface area contributed by atoms with Crippen molar-refractivity contribution >= 4 is 16.0 Å². The van der Waals surface area contributed by atoms with Crippen molar-refractivity contribution in [2.24, 2.45) is 10.9 Å². The van der Waals surface area contributed by atoms with E-state index in [1.165, 1.54) is 5.56 Å². The summed E-state index contributed by atoms with van der Waals surface area (Å²) in [7, 11) is -3.12. The number of likely N-dealkylation sites (tertiary alicyclic amines) is 1. The molecule has 0 saturated carbocycles. The Morgan fingerprint density at radius 3 is 2.63 bits per heavy atom. The molecule has 1 aliphatic heterocycles. The van der Waals surface area contributed by atoms with Gasteiger partial charge in [0.15, 0.2) is 5.96 Å². The molecule has 0 amide bonds. The molecule has 6 nitrogen and oxygen atoms in total. The first-order valence-corrected chi connectivity index (χ1v) is 11.7. The molecule has 27 heavy (non-hydrogen) atoms. The number of benzene rings is 1. The maximum atomic E-state index is 11.5. The normalized spacial score (nSPS) is 21.3. The summed E-state index contributed by atoms with van der Waals surface area (Å²) in [5, 5.41) is 3.38. The summed E-state index contributed by atoms with van der Waals surface area (Å²) in [5.41, 5.74) is 1.43. The lowest BCUT2D eigenvalue weighted by atomic mass is 9.82. The predicted molar refractivity (Wildman–Crippen MR) is 113 cm³/mol. The minimum atomic E-state index is -3.12. The van der Waals surface area contributed by atoms with Gasteiger partial charge in [-0.25, -0.2) is 13.1 Å². The summed E-state index contributed by atoms with van der Waals surface area (Å²) in [5.74, 6) is 2.21. The standard InChI is InChI=1S/C20H34N4O2S/c1-4-21-20(22-13-9-14-23-27(25,26)5-2)24-15-12-19(17(3)16-24)18-10-7-6-8-11-18/h6-8,10-11,17,19,23H,4-5,9,12-16H2,1-3H3,(H,21,22). The summed E-state index contributed by atoms with van der Waals surface area (Å²) < 4.78 is 25.5. The van der Waals surface area contributed by atoms with Gasteiger partial charge in [0, 0.05) is 32.7 Å². The van der Waals surface area contributed by atoms with Crippen LogP contribution in [0, 0.1) is 5.92 Å². The number of hydrogen-bond donors (Lipinski definition) is 2. The summed E-state index contributed by atoms with van der Waals surface area (Å²) in [6.45, 7) is 9.87. The van der Waals surface area contributed by atoms with Gasteiger partial charge in [-0.05, 0) is 44.1 Å². The van der Waals surface area contributed by atoms with Crippen LogP contribution in [0.4, 0.5) is 0 Å². The lowest BCUT2D eigenvalue weighted by Gasteiger charge is -2.39. The Hall–Kier alpha value is -1.60. The number of guanidine groups is 1. The second-order valence-electron chi connectivity index (χ2n) is 7.12. The molecule has 2 atom stereocenters. The minimum absolute atomic E-state index is 0.118. The van der Waals surface area contributed by atoms with E-state index in [4.69, 9.17) is 4.99 Å². The molecule has 2 unspecified atom stereocenters. The van der Waals surface area contributed by atoms with Crippen molar-refractivity contribution in [3.05, 3.63) is 35.9 Å². The maximum Gasteiger partial charge on any atom is 0.211 e. The van der Waals surface area contributed by atoms with Crippen molar-refractivity contribution in [2.75, 3.05) is 38.5 Å². The fourth-order valence-corrected chi connectivity index (χ4v) is 4.21. The number of rotatable bonds is 8. The third-order valence-electron chi connectivity index (χ3n) is 5.07. The van der Waals surface area contributed by atoms with Crippen molar-refractivity contribution < 1.29 is 8.42 Å². The Balaban J connectivity index is 1.89. The first kappa shape index (κ1) is 21.7. The Labute approximate surface area is 164 Å². The number of aliphatic imine (C=N–C) groups is 1. The number of nitrogens with zero attached hydrogens (tertiary/aromatic N) is 2. The molecule has 1 fully saturated rings. The highest BCUT2D eigenvalue weighted by molar-refractivity contribution is 7.89. The molecule has 0 radical (unpaired) electrons. The first-order chi connectivity index (χ1) is 13.0. The van der Waals surface area contributed by atoms with Gasteiger partial charge in [0.2, 0.25) is 10.0 Å². The van der Waals surface area contributed by atoms with E-state index < -0.39 is 10.0 Å².